The topological polar surface area (TPSA) is 118 Å². The van der Waals surface area contributed by atoms with Crippen molar-refractivity contribution in [2.24, 2.45) is 0 Å². The third-order valence-corrected chi connectivity index (χ3v) is 6.38. The summed E-state index contributed by atoms with van der Waals surface area (Å²) in [4.78, 5) is 39.5. The van der Waals surface area contributed by atoms with E-state index in [2.05, 4.69) is 10.3 Å². The highest BCUT2D eigenvalue weighted by molar-refractivity contribution is 7.09. The Morgan fingerprint density at radius 1 is 1.06 bits per heavy atom. The van der Waals surface area contributed by atoms with Gasteiger partial charge in [0.25, 0.3) is 5.91 Å². The average Bonchev–Trinajstić information content (AvgIpc) is 3.44. The van der Waals surface area contributed by atoms with Crippen LogP contribution in [0, 0.1) is 0 Å². The fourth-order valence-corrected chi connectivity index (χ4v) is 4.64. The zero-order valence-electron chi connectivity index (χ0n) is 18.2. The Hall–Kier alpha value is -3.86. The van der Waals surface area contributed by atoms with E-state index in [9.17, 15) is 23.2 Å². The number of nitrogens with zero attached hydrogens (tertiary/aromatic N) is 1. The lowest BCUT2D eigenvalue weighted by atomic mass is 9.98. The minimum absolute atomic E-state index is 0.0198. The predicted molar refractivity (Wildman–Crippen MR) is 124 cm³/mol. The molecule has 4 rings (SSSR count). The number of carbonyl (C=O) groups excluding carboxylic acids is 2. The number of hydrogen-bond acceptors (Lipinski definition) is 6. The van der Waals surface area contributed by atoms with Crippen LogP contribution in [0.3, 0.4) is 0 Å². The summed E-state index contributed by atoms with van der Waals surface area (Å²) in [5.41, 5.74) is 4.28. The second-order valence-corrected chi connectivity index (χ2v) is 8.74. The van der Waals surface area contributed by atoms with Crippen molar-refractivity contribution in [3.63, 3.8) is 0 Å². The van der Waals surface area contributed by atoms with Crippen LogP contribution in [0.4, 0.5) is 13.6 Å². The molecule has 0 bridgehead atoms. The molecular weight excluding hydrogens is 480 g/mol. The summed E-state index contributed by atoms with van der Waals surface area (Å²) >= 11 is 1.06. The molecule has 11 heteroatoms. The van der Waals surface area contributed by atoms with Gasteiger partial charge >= 0.3 is 12.1 Å². The van der Waals surface area contributed by atoms with Gasteiger partial charge in [0.2, 0.25) is 6.43 Å². The number of amides is 2. The quantitative estimate of drug-likeness (QED) is 0.408. The Morgan fingerprint density at radius 2 is 1.69 bits per heavy atom. The highest BCUT2D eigenvalue weighted by Gasteiger charge is 2.29. The molecule has 182 valence electrons. The fourth-order valence-electron chi connectivity index (χ4n) is 3.93. The summed E-state index contributed by atoms with van der Waals surface area (Å²) in [5, 5.41) is 15.3. The Bertz CT molecular complexity index is 1200. The molecule has 8 nitrogen and oxygen atoms in total. The van der Waals surface area contributed by atoms with E-state index in [-0.39, 0.29) is 24.8 Å². The molecule has 35 heavy (non-hydrogen) atoms. The maximum atomic E-state index is 12.5. The first-order chi connectivity index (χ1) is 16.8. The molecule has 1 heterocycles. The summed E-state index contributed by atoms with van der Waals surface area (Å²) < 4.78 is 30.5. The molecule has 0 saturated heterocycles. The number of alkyl carbamates (subject to hydrolysis) is 1. The highest BCUT2D eigenvalue weighted by Crippen LogP contribution is 2.44. The fraction of sp³-hybridized carbons (Fsp3) is 0.250. The van der Waals surface area contributed by atoms with Crippen LogP contribution >= 0.6 is 11.3 Å². The van der Waals surface area contributed by atoms with Crippen LogP contribution in [-0.4, -0.2) is 47.1 Å². The van der Waals surface area contributed by atoms with Crippen LogP contribution in [0.2, 0.25) is 0 Å². The third-order valence-electron chi connectivity index (χ3n) is 5.53. The molecule has 0 fully saturated rings. The van der Waals surface area contributed by atoms with Crippen molar-refractivity contribution in [2.45, 2.75) is 31.4 Å². The summed E-state index contributed by atoms with van der Waals surface area (Å²) in [6, 6.07) is 14.2. The highest BCUT2D eigenvalue weighted by atomic mass is 32.1. The van der Waals surface area contributed by atoms with Crippen LogP contribution in [0.1, 0.15) is 39.0 Å². The minimum atomic E-state index is -2.89. The first-order valence-electron chi connectivity index (χ1n) is 10.7. The van der Waals surface area contributed by atoms with Gasteiger partial charge in [-0.05, 0) is 22.3 Å². The number of hydrogen-bond donors (Lipinski definition) is 3. The van der Waals surface area contributed by atoms with E-state index in [0.29, 0.717) is 5.01 Å². The van der Waals surface area contributed by atoms with Crippen molar-refractivity contribution in [1.29, 1.82) is 0 Å². The number of ether oxygens (including phenoxy) is 1. The number of aromatic nitrogens is 1. The van der Waals surface area contributed by atoms with Gasteiger partial charge in [-0.2, -0.15) is 0 Å². The molecule has 2 amide bonds. The first kappa shape index (κ1) is 24.3. The van der Waals surface area contributed by atoms with Crippen molar-refractivity contribution < 1.29 is 33.0 Å². The normalized spacial score (nSPS) is 13.1. The van der Waals surface area contributed by atoms with Crippen molar-refractivity contribution >= 4 is 29.3 Å². The number of thiazole rings is 1. The SMILES string of the molecule is O=C(NCc1nc(C(=O)NC(CC(F)F)C(=O)O)cs1)OCC1c2ccccc2-c2ccccc21. The van der Waals surface area contributed by atoms with Gasteiger partial charge in [0.05, 0.1) is 6.54 Å². The number of aliphatic carboxylic acids is 1. The monoisotopic (exact) mass is 501 g/mol. The van der Waals surface area contributed by atoms with Gasteiger partial charge in [0.1, 0.15) is 23.4 Å². The first-order valence-corrected chi connectivity index (χ1v) is 11.6. The number of carboxylic acids is 1. The second kappa shape index (κ2) is 10.6. The molecule has 1 unspecified atom stereocenters. The lowest BCUT2D eigenvalue weighted by molar-refractivity contribution is -0.140. The zero-order chi connectivity index (χ0) is 24.9. The summed E-state index contributed by atoms with van der Waals surface area (Å²) in [6.45, 7) is 0.125. The summed E-state index contributed by atoms with van der Waals surface area (Å²) in [6.07, 6.45) is -4.55. The van der Waals surface area contributed by atoms with E-state index in [1.165, 1.54) is 5.38 Å². The van der Waals surface area contributed by atoms with Crippen LogP contribution in [0.25, 0.3) is 11.1 Å². The van der Waals surface area contributed by atoms with E-state index < -0.39 is 36.9 Å². The van der Waals surface area contributed by atoms with E-state index in [0.717, 1.165) is 33.6 Å². The number of carboxylic acid groups (broad SMARTS) is 1. The zero-order valence-corrected chi connectivity index (χ0v) is 19.1. The Morgan fingerprint density at radius 3 is 2.29 bits per heavy atom. The molecule has 0 spiro atoms. The van der Waals surface area contributed by atoms with Gasteiger partial charge in [0.15, 0.2) is 0 Å². The van der Waals surface area contributed by atoms with Crippen LogP contribution in [0.5, 0.6) is 0 Å². The predicted octanol–water partition coefficient (Wildman–Crippen LogP) is 4.02. The van der Waals surface area contributed by atoms with E-state index in [1.54, 1.807) is 0 Å². The van der Waals surface area contributed by atoms with Gasteiger partial charge in [-0.3, -0.25) is 4.79 Å². The standard InChI is InChI=1S/C24H21F2N3O5S/c25-20(26)9-18(23(31)32)29-22(30)19-12-35-21(28-19)10-27-24(33)34-11-17-15-7-3-1-5-13(15)14-6-2-4-8-16(14)17/h1-8,12,17-18,20H,9-11H2,(H,27,33)(H,29,30)(H,31,32). The third kappa shape index (κ3) is 5.62. The molecule has 3 N–H and O–H groups in total. The average molecular weight is 502 g/mol. The molecule has 1 atom stereocenters. The van der Waals surface area contributed by atoms with Crippen molar-refractivity contribution in [1.82, 2.24) is 15.6 Å². The number of fused-ring (bicyclic) bond motifs is 3. The van der Waals surface area contributed by atoms with Crippen molar-refractivity contribution in [3.8, 4) is 11.1 Å². The lowest BCUT2D eigenvalue weighted by Gasteiger charge is -2.14. The number of carbonyl (C=O) groups is 3. The number of benzene rings is 2. The molecule has 1 aliphatic rings. The van der Waals surface area contributed by atoms with E-state index >= 15 is 0 Å². The van der Waals surface area contributed by atoms with Gasteiger partial charge in [0, 0.05) is 17.7 Å². The number of nitrogens with one attached hydrogen (secondary N) is 2. The molecule has 0 radical (unpaired) electrons. The van der Waals surface area contributed by atoms with Gasteiger partial charge in [-0.25, -0.2) is 23.4 Å². The Balaban J connectivity index is 1.30. The summed E-state index contributed by atoms with van der Waals surface area (Å²) in [7, 11) is 0. The lowest BCUT2D eigenvalue weighted by Crippen LogP contribution is -2.42. The number of halogens is 2. The number of alkyl halides is 2. The van der Waals surface area contributed by atoms with Crippen LogP contribution in [0.15, 0.2) is 53.9 Å². The molecule has 3 aromatic rings. The van der Waals surface area contributed by atoms with Crippen LogP contribution < -0.4 is 10.6 Å². The molecule has 0 saturated carbocycles. The largest absolute Gasteiger partial charge is 0.480 e. The molecule has 1 aromatic heterocycles. The van der Waals surface area contributed by atoms with Crippen molar-refractivity contribution in [2.75, 3.05) is 6.61 Å². The van der Waals surface area contributed by atoms with Crippen molar-refractivity contribution in [3.05, 3.63) is 75.7 Å². The smallest absolute Gasteiger partial charge is 0.407 e. The molecular formula is C24H21F2N3O5S. The second-order valence-electron chi connectivity index (χ2n) is 7.80. The Labute approximate surface area is 203 Å². The maximum absolute atomic E-state index is 12.5. The molecule has 2 aromatic carbocycles. The molecule has 0 aliphatic heterocycles. The van der Waals surface area contributed by atoms with E-state index in [4.69, 9.17) is 9.84 Å². The van der Waals surface area contributed by atoms with Gasteiger partial charge in [-0.15, -0.1) is 11.3 Å². The van der Waals surface area contributed by atoms with Crippen LogP contribution in [-0.2, 0) is 16.1 Å². The minimum Gasteiger partial charge on any atom is -0.480 e. The van der Waals surface area contributed by atoms with E-state index in [1.807, 2.05) is 53.8 Å². The number of rotatable bonds is 9. The van der Waals surface area contributed by atoms with Gasteiger partial charge in [-0.1, -0.05) is 48.5 Å². The molecule has 1 aliphatic carbocycles. The van der Waals surface area contributed by atoms with Gasteiger partial charge < -0.3 is 20.5 Å². The maximum Gasteiger partial charge on any atom is 0.407 e. The Kier molecular flexibility index (Phi) is 7.35. The summed E-state index contributed by atoms with van der Waals surface area (Å²) in [5.74, 6) is -2.54.